The molecule has 0 radical (unpaired) electrons. The largest absolute Gasteiger partial charge is 0.481 e. The molecule has 2 heterocycles. The molecule has 2 fully saturated rings. The first-order valence-corrected chi connectivity index (χ1v) is 13.0. The van der Waals surface area contributed by atoms with Gasteiger partial charge in [-0.15, -0.1) is 0 Å². The van der Waals surface area contributed by atoms with Crippen LogP contribution in [0.1, 0.15) is 113 Å². The van der Waals surface area contributed by atoms with Crippen molar-refractivity contribution in [3.05, 3.63) is 29.6 Å². The quantitative estimate of drug-likeness (QED) is 0.481. The molecule has 34 heavy (non-hydrogen) atoms. The molecule has 0 saturated heterocycles. The van der Waals surface area contributed by atoms with E-state index in [9.17, 15) is 14.7 Å². The average molecular weight is 469 g/mol. The number of nitrogens with one attached hydrogen (secondary N) is 2. The molecule has 1 unspecified atom stereocenters. The topological polar surface area (TPSA) is 95.7 Å². The number of hydrogen-bond acceptors (Lipinski definition) is 4. The number of pyridine rings is 1. The molecule has 3 N–H and O–H groups in total. The molecule has 0 spiro atoms. The van der Waals surface area contributed by atoms with Gasteiger partial charge in [-0.05, 0) is 64.5 Å². The van der Waals surface area contributed by atoms with Crippen LogP contribution in [-0.2, 0) is 4.79 Å². The molecular weight excluding hydrogens is 428 g/mol. The highest BCUT2D eigenvalue weighted by Crippen LogP contribution is 2.38. The van der Waals surface area contributed by atoms with E-state index >= 15 is 0 Å². The van der Waals surface area contributed by atoms with Gasteiger partial charge in [-0.2, -0.15) is 0 Å². The van der Waals surface area contributed by atoms with Crippen LogP contribution in [0.3, 0.4) is 0 Å². The van der Waals surface area contributed by atoms with Gasteiger partial charge in [-0.3, -0.25) is 14.0 Å². The van der Waals surface area contributed by atoms with Crippen LogP contribution in [0.15, 0.2) is 18.3 Å². The molecule has 7 heteroatoms. The number of anilines is 1. The number of rotatable bonds is 7. The van der Waals surface area contributed by atoms with Crippen molar-refractivity contribution >= 4 is 23.3 Å². The van der Waals surface area contributed by atoms with Crippen molar-refractivity contribution in [1.82, 2.24) is 14.7 Å². The molecule has 1 atom stereocenters. The maximum atomic E-state index is 13.5. The van der Waals surface area contributed by atoms with Crippen LogP contribution in [0, 0.1) is 5.92 Å². The van der Waals surface area contributed by atoms with Crippen LogP contribution in [-0.4, -0.2) is 37.9 Å². The Morgan fingerprint density at radius 2 is 1.74 bits per heavy atom. The number of hydrogen-bond donors (Lipinski definition) is 3. The zero-order chi connectivity index (χ0) is 24.3. The van der Waals surface area contributed by atoms with Crippen molar-refractivity contribution in [2.75, 3.05) is 5.32 Å². The maximum absolute atomic E-state index is 13.5. The van der Waals surface area contributed by atoms with E-state index in [0.717, 1.165) is 50.0 Å². The Hall–Kier alpha value is -2.57. The number of fused-ring (bicyclic) bond motifs is 1. The Morgan fingerprint density at radius 3 is 2.35 bits per heavy atom. The fourth-order valence-electron chi connectivity index (χ4n) is 5.71. The highest BCUT2D eigenvalue weighted by molar-refractivity contribution is 6.00. The van der Waals surface area contributed by atoms with Crippen molar-refractivity contribution < 1.29 is 14.7 Å². The molecule has 1 amide bonds. The zero-order valence-electron chi connectivity index (χ0n) is 20.9. The van der Waals surface area contributed by atoms with Crippen LogP contribution in [0.5, 0.6) is 0 Å². The van der Waals surface area contributed by atoms with E-state index in [4.69, 9.17) is 4.98 Å². The predicted molar refractivity (Wildman–Crippen MR) is 134 cm³/mol. The van der Waals surface area contributed by atoms with Crippen LogP contribution in [0.25, 0.3) is 5.65 Å². The SMILES string of the molecule is CC(C)(C)Nc1c(C2CCCCC2)nc2c(C(=O)NC(CC(=O)O)C3CCCCC3)cccn12. The third kappa shape index (κ3) is 5.73. The van der Waals surface area contributed by atoms with Crippen LogP contribution < -0.4 is 10.6 Å². The smallest absolute Gasteiger partial charge is 0.305 e. The van der Waals surface area contributed by atoms with E-state index in [1.54, 1.807) is 0 Å². The minimum absolute atomic E-state index is 0.0435. The molecule has 2 aliphatic rings. The van der Waals surface area contributed by atoms with E-state index in [1.807, 2.05) is 22.7 Å². The highest BCUT2D eigenvalue weighted by Gasteiger charge is 2.30. The van der Waals surface area contributed by atoms with E-state index in [-0.39, 0.29) is 29.8 Å². The summed E-state index contributed by atoms with van der Waals surface area (Å²) in [5, 5.41) is 16.2. The third-order valence-electron chi connectivity index (χ3n) is 7.34. The zero-order valence-corrected chi connectivity index (χ0v) is 20.9. The maximum Gasteiger partial charge on any atom is 0.305 e. The Balaban J connectivity index is 1.68. The van der Waals surface area contributed by atoms with Crippen molar-refractivity contribution in [3.8, 4) is 0 Å². The number of nitrogens with zero attached hydrogens (tertiary/aromatic N) is 2. The summed E-state index contributed by atoms with van der Waals surface area (Å²) in [7, 11) is 0. The van der Waals surface area contributed by atoms with Gasteiger partial charge in [0.1, 0.15) is 5.82 Å². The minimum atomic E-state index is -0.869. The Bertz CT molecular complexity index is 1010. The van der Waals surface area contributed by atoms with Gasteiger partial charge in [0, 0.05) is 23.7 Å². The van der Waals surface area contributed by atoms with Crippen molar-refractivity contribution in [3.63, 3.8) is 0 Å². The molecule has 4 rings (SSSR count). The highest BCUT2D eigenvalue weighted by atomic mass is 16.4. The molecule has 0 bridgehead atoms. The number of carbonyl (C=O) groups is 2. The first-order valence-electron chi connectivity index (χ1n) is 13.0. The van der Waals surface area contributed by atoms with Gasteiger partial charge in [0.25, 0.3) is 5.91 Å². The summed E-state index contributed by atoms with van der Waals surface area (Å²) in [6, 6.07) is 3.34. The lowest BCUT2D eigenvalue weighted by Crippen LogP contribution is -2.42. The van der Waals surface area contributed by atoms with Crippen molar-refractivity contribution in [1.29, 1.82) is 0 Å². The van der Waals surface area contributed by atoms with Gasteiger partial charge in [-0.1, -0.05) is 38.5 Å². The predicted octanol–water partition coefficient (Wildman–Crippen LogP) is 5.75. The van der Waals surface area contributed by atoms with Gasteiger partial charge < -0.3 is 15.7 Å². The second-order valence-electron chi connectivity index (χ2n) is 11.2. The normalized spacial score (nSPS) is 19.1. The number of aliphatic carboxylic acids is 1. The van der Waals surface area contributed by atoms with E-state index in [2.05, 4.69) is 31.4 Å². The Kier molecular flexibility index (Phi) is 7.48. The molecule has 7 nitrogen and oxygen atoms in total. The number of carboxylic acid groups (broad SMARTS) is 1. The molecule has 2 aromatic heterocycles. The standard InChI is InChI=1S/C27H40N4O3/c1-27(2,3)30-25-23(19-13-8-5-9-14-19)29-24-20(15-10-16-31(24)25)26(34)28-21(17-22(32)33)18-11-6-4-7-12-18/h10,15-16,18-19,21,30H,4-9,11-14,17H2,1-3H3,(H,28,34)(H,32,33). The fraction of sp³-hybridized carbons (Fsp3) is 0.667. The monoisotopic (exact) mass is 468 g/mol. The molecule has 0 aliphatic heterocycles. The lowest BCUT2D eigenvalue weighted by molar-refractivity contribution is -0.137. The van der Waals surface area contributed by atoms with Gasteiger partial charge in [0.05, 0.1) is 17.7 Å². The summed E-state index contributed by atoms with van der Waals surface area (Å²) in [5.74, 6) is 0.468. The minimum Gasteiger partial charge on any atom is -0.481 e. The molecule has 2 aromatic rings. The average Bonchev–Trinajstić information content (AvgIpc) is 3.16. The second-order valence-corrected chi connectivity index (χ2v) is 11.2. The molecule has 2 aliphatic carbocycles. The third-order valence-corrected chi connectivity index (χ3v) is 7.34. The molecule has 0 aromatic carbocycles. The van der Waals surface area contributed by atoms with Gasteiger partial charge in [-0.25, -0.2) is 4.98 Å². The number of carboxylic acids is 1. The number of carbonyl (C=O) groups excluding carboxylic acids is 1. The number of amides is 1. The molecular formula is C27H40N4O3. The first-order chi connectivity index (χ1) is 16.2. The molecule has 2 saturated carbocycles. The van der Waals surface area contributed by atoms with E-state index in [0.29, 0.717) is 17.1 Å². The first kappa shape index (κ1) is 24.6. The van der Waals surface area contributed by atoms with Gasteiger partial charge in [0.15, 0.2) is 5.65 Å². The van der Waals surface area contributed by atoms with Crippen molar-refractivity contribution in [2.45, 2.75) is 109 Å². The van der Waals surface area contributed by atoms with Gasteiger partial charge in [0.2, 0.25) is 0 Å². The Morgan fingerprint density at radius 1 is 1.09 bits per heavy atom. The summed E-state index contributed by atoms with van der Waals surface area (Å²) in [4.78, 5) is 30.1. The van der Waals surface area contributed by atoms with Gasteiger partial charge >= 0.3 is 5.97 Å². The lowest BCUT2D eigenvalue weighted by Gasteiger charge is -2.30. The summed E-state index contributed by atoms with van der Waals surface area (Å²) >= 11 is 0. The lowest BCUT2D eigenvalue weighted by atomic mass is 9.82. The number of imidazole rings is 1. The van der Waals surface area contributed by atoms with Crippen LogP contribution in [0.2, 0.25) is 0 Å². The van der Waals surface area contributed by atoms with Crippen molar-refractivity contribution in [2.24, 2.45) is 5.92 Å². The van der Waals surface area contributed by atoms with E-state index < -0.39 is 5.97 Å². The summed E-state index contributed by atoms with van der Waals surface area (Å²) in [5.41, 5.74) is 2.05. The Labute approximate surface area is 202 Å². The van der Waals surface area contributed by atoms with E-state index in [1.165, 1.54) is 25.7 Å². The second kappa shape index (κ2) is 10.4. The number of aromatic nitrogens is 2. The molecule has 186 valence electrons. The summed E-state index contributed by atoms with van der Waals surface area (Å²) in [6.07, 6.45) is 13.2. The van der Waals surface area contributed by atoms with Crippen LogP contribution >= 0.6 is 0 Å². The summed E-state index contributed by atoms with van der Waals surface area (Å²) < 4.78 is 2.01. The fourth-order valence-corrected chi connectivity index (χ4v) is 5.71. The summed E-state index contributed by atoms with van der Waals surface area (Å²) in [6.45, 7) is 6.40. The van der Waals surface area contributed by atoms with Crippen LogP contribution in [0.4, 0.5) is 5.82 Å².